The third-order valence-electron chi connectivity index (χ3n) is 1.55. The summed E-state index contributed by atoms with van der Waals surface area (Å²) in [6.45, 7) is 0. The van der Waals surface area contributed by atoms with Crippen molar-refractivity contribution in [2.24, 2.45) is 0 Å². The minimum absolute atomic E-state index is 0.147. The number of carbonyl (C=O) groups is 2. The first-order valence-electron chi connectivity index (χ1n) is 3.55. The summed E-state index contributed by atoms with van der Waals surface area (Å²) in [5, 5.41) is 8.70. The smallest absolute Gasteiger partial charge is 0.335 e. The van der Waals surface area contributed by atoms with Crippen molar-refractivity contribution >= 4 is 24.0 Å². The van der Waals surface area contributed by atoms with Gasteiger partial charge in [0.25, 0.3) is 0 Å². The van der Waals surface area contributed by atoms with Crippen LogP contribution >= 0.6 is 11.8 Å². The third kappa shape index (κ3) is 2.32. The largest absolute Gasteiger partial charge is 0.478 e. The van der Waals surface area contributed by atoms with Gasteiger partial charge >= 0.3 is 5.97 Å². The molecular weight excluding hydrogens is 188 g/mol. The molecule has 0 radical (unpaired) electrons. The van der Waals surface area contributed by atoms with Crippen LogP contribution in [0.15, 0.2) is 23.1 Å². The fraction of sp³-hybridized carbons (Fsp3) is 0.111. The van der Waals surface area contributed by atoms with Crippen LogP contribution < -0.4 is 0 Å². The Morgan fingerprint density at radius 1 is 1.46 bits per heavy atom. The molecule has 0 heterocycles. The fourth-order valence-electron chi connectivity index (χ4n) is 0.931. The van der Waals surface area contributed by atoms with E-state index in [2.05, 4.69) is 0 Å². The van der Waals surface area contributed by atoms with Crippen molar-refractivity contribution in [3.05, 3.63) is 29.3 Å². The molecule has 0 bridgehead atoms. The van der Waals surface area contributed by atoms with Crippen molar-refractivity contribution < 1.29 is 14.7 Å². The molecule has 1 aromatic rings. The molecule has 0 fully saturated rings. The van der Waals surface area contributed by atoms with E-state index in [1.807, 2.05) is 6.26 Å². The Labute approximate surface area is 79.8 Å². The molecule has 0 aliphatic heterocycles. The Morgan fingerprint density at radius 3 is 2.62 bits per heavy atom. The lowest BCUT2D eigenvalue weighted by Crippen LogP contribution is -1.97. The molecule has 4 heteroatoms. The van der Waals surface area contributed by atoms with Gasteiger partial charge < -0.3 is 5.11 Å². The molecule has 0 spiro atoms. The number of aromatic carboxylic acids is 1. The van der Waals surface area contributed by atoms with E-state index in [9.17, 15) is 9.59 Å². The van der Waals surface area contributed by atoms with Gasteiger partial charge in [-0.15, -0.1) is 11.8 Å². The van der Waals surface area contributed by atoms with Crippen LogP contribution in [0.2, 0.25) is 0 Å². The monoisotopic (exact) mass is 196 g/mol. The lowest BCUT2D eigenvalue weighted by Gasteiger charge is -2.00. The minimum Gasteiger partial charge on any atom is -0.478 e. The molecule has 0 aromatic heterocycles. The first-order chi connectivity index (χ1) is 6.17. The summed E-state index contributed by atoms with van der Waals surface area (Å²) >= 11 is 1.41. The second-order valence-corrected chi connectivity index (χ2v) is 3.30. The quantitative estimate of drug-likeness (QED) is 0.592. The van der Waals surface area contributed by atoms with Crippen LogP contribution in [0.3, 0.4) is 0 Å². The van der Waals surface area contributed by atoms with Crippen molar-refractivity contribution in [3.63, 3.8) is 0 Å². The molecule has 1 rings (SSSR count). The molecule has 0 saturated heterocycles. The normalized spacial score (nSPS) is 9.62. The highest BCUT2D eigenvalue weighted by atomic mass is 32.2. The van der Waals surface area contributed by atoms with Gasteiger partial charge in [-0.2, -0.15) is 0 Å². The van der Waals surface area contributed by atoms with Gasteiger partial charge in [-0.25, -0.2) is 4.79 Å². The maximum Gasteiger partial charge on any atom is 0.335 e. The molecule has 3 nitrogen and oxygen atoms in total. The average molecular weight is 196 g/mol. The van der Waals surface area contributed by atoms with Crippen LogP contribution in [0, 0.1) is 0 Å². The summed E-state index contributed by atoms with van der Waals surface area (Å²) in [4.78, 5) is 21.8. The third-order valence-corrected chi connectivity index (χ3v) is 2.25. The summed E-state index contributed by atoms with van der Waals surface area (Å²) in [5.74, 6) is -1.01. The van der Waals surface area contributed by atoms with Crippen molar-refractivity contribution in [3.8, 4) is 0 Å². The van der Waals surface area contributed by atoms with E-state index in [4.69, 9.17) is 5.11 Å². The molecule has 1 aromatic carbocycles. The number of thioether (sulfide) groups is 1. The van der Waals surface area contributed by atoms with Gasteiger partial charge in [0.05, 0.1) is 5.56 Å². The zero-order chi connectivity index (χ0) is 9.84. The fourth-order valence-corrected chi connectivity index (χ4v) is 1.43. The van der Waals surface area contributed by atoms with Crippen molar-refractivity contribution in [1.29, 1.82) is 0 Å². The lowest BCUT2D eigenvalue weighted by molar-refractivity contribution is 0.0696. The van der Waals surface area contributed by atoms with Crippen molar-refractivity contribution in [2.45, 2.75) is 4.90 Å². The van der Waals surface area contributed by atoms with Gasteiger partial charge in [-0.05, 0) is 24.5 Å². The van der Waals surface area contributed by atoms with Gasteiger partial charge in [0, 0.05) is 10.5 Å². The minimum atomic E-state index is -1.01. The summed E-state index contributed by atoms with van der Waals surface area (Å²) in [7, 11) is 0. The first-order valence-corrected chi connectivity index (χ1v) is 4.77. The highest BCUT2D eigenvalue weighted by molar-refractivity contribution is 7.98. The summed E-state index contributed by atoms with van der Waals surface area (Å²) in [5.41, 5.74) is 0.540. The Hall–Kier alpha value is -1.29. The van der Waals surface area contributed by atoms with Crippen molar-refractivity contribution in [2.75, 3.05) is 6.26 Å². The van der Waals surface area contributed by atoms with Crippen LogP contribution in [0.5, 0.6) is 0 Å². The highest BCUT2D eigenvalue weighted by Gasteiger charge is 2.05. The highest BCUT2D eigenvalue weighted by Crippen LogP contribution is 2.18. The Kier molecular flexibility index (Phi) is 3.08. The SMILES string of the molecule is CSc1cc(C=O)cc(C(=O)O)c1. The van der Waals surface area contributed by atoms with Crippen molar-refractivity contribution in [1.82, 2.24) is 0 Å². The van der Waals surface area contributed by atoms with Crippen LogP contribution in [0.1, 0.15) is 20.7 Å². The number of hydrogen-bond donors (Lipinski definition) is 1. The van der Waals surface area contributed by atoms with E-state index in [0.717, 1.165) is 4.90 Å². The second kappa shape index (κ2) is 4.09. The lowest BCUT2D eigenvalue weighted by atomic mass is 10.1. The molecule has 0 unspecified atom stereocenters. The van der Waals surface area contributed by atoms with E-state index in [-0.39, 0.29) is 5.56 Å². The molecule has 13 heavy (non-hydrogen) atoms. The first kappa shape index (κ1) is 9.80. The molecule has 68 valence electrons. The Balaban J connectivity index is 3.22. The predicted octanol–water partition coefficient (Wildman–Crippen LogP) is 1.92. The molecule has 0 atom stereocenters. The number of carbonyl (C=O) groups excluding carboxylic acids is 1. The maximum absolute atomic E-state index is 10.6. The van der Waals surface area contributed by atoms with E-state index in [1.54, 1.807) is 12.1 Å². The van der Waals surface area contributed by atoms with E-state index >= 15 is 0 Å². The number of carboxylic acids is 1. The van der Waals surface area contributed by atoms with Gasteiger partial charge in [0.15, 0.2) is 0 Å². The zero-order valence-electron chi connectivity index (χ0n) is 6.98. The predicted molar refractivity (Wildman–Crippen MR) is 50.6 cm³/mol. The molecular formula is C9H8O3S. The molecule has 0 aliphatic carbocycles. The summed E-state index contributed by atoms with van der Waals surface area (Å²) in [6.07, 6.45) is 2.47. The van der Waals surface area contributed by atoms with Gasteiger partial charge in [0.2, 0.25) is 0 Å². The molecule has 0 amide bonds. The zero-order valence-corrected chi connectivity index (χ0v) is 7.80. The van der Waals surface area contributed by atoms with Crippen LogP contribution in [0.4, 0.5) is 0 Å². The van der Waals surface area contributed by atoms with Crippen LogP contribution in [-0.2, 0) is 0 Å². The Bertz CT molecular complexity index is 347. The number of carboxylic acid groups (broad SMARTS) is 1. The average Bonchev–Trinajstić information content (AvgIpc) is 2.16. The van der Waals surface area contributed by atoms with Gasteiger partial charge in [0.1, 0.15) is 6.29 Å². The van der Waals surface area contributed by atoms with Crippen LogP contribution in [0.25, 0.3) is 0 Å². The molecule has 1 N–H and O–H groups in total. The second-order valence-electron chi connectivity index (χ2n) is 2.42. The summed E-state index contributed by atoms with van der Waals surface area (Å²) < 4.78 is 0. The number of aldehydes is 1. The summed E-state index contributed by atoms with van der Waals surface area (Å²) in [6, 6.07) is 4.55. The van der Waals surface area contributed by atoms with E-state index in [0.29, 0.717) is 11.8 Å². The number of benzene rings is 1. The van der Waals surface area contributed by atoms with Gasteiger partial charge in [-0.1, -0.05) is 0 Å². The topological polar surface area (TPSA) is 54.4 Å². The Morgan fingerprint density at radius 2 is 2.15 bits per heavy atom. The van der Waals surface area contributed by atoms with E-state index < -0.39 is 5.97 Å². The molecule has 0 saturated carbocycles. The molecule has 0 aliphatic rings. The standard InChI is InChI=1S/C9H8O3S/c1-13-8-3-6(5-10)2-7(4-8)9(11)12/h2-5H,1H3,(H,11,12). The van der Waals surface area contributed by atoms with E-state index in [1.165, 1.54) is 17.8 Å². The van der Waals surface area contributed by atoms with Gasteiger partial charge in [-0.3, -0.25) is 4.79 Å². The maximum atomic E-state index is 10.6. The van der Waals surface area contributed by atoms with Crippen LogP contribution in [-0.4, -0.2) is 23.6 Å². The number of hydrogen-bond acceptors (Lipinski definition) is 3. The number of rotatable bonds is 3.